The second-order valence-corrected chi connectivity index (χ2v) is 6.13. The minimum Gasteiger partial charge on any atom is -0.478 e. The van der Waals surface area contributed by atoms with E-state index in [0.29, 0.717) is 0 Å². The molecule has 0 spiro atoms. The molecule has 24 heavy (non-hydrogen) atoms. The standard InChI is InChI=1S/C7H4BrNO4.C7H6BrNO2/c8-6-3-4(9(12)13)1-2-5(6)7(10)11;1-5-2-3-6(9(10)11)4-7(5)8/h1-3H,(H,10,11);2-4H,1H3. The molecule has 0 saturated carbocycles. The van der Waals surface area contributed by atoms with Crippen molar-refractivity contribution in [2.45, 2.75) is 6.92 Å². The first-order valence-corrected chi connectivity index (χ1v) is 7.80. The average Bonchev–Trinajstić information content (AvgIpc) is 2.49. The van der Waals surface area contributed by atoms with Crippen LogP contribution in [0.1, 0.15) is 15.9 Å². The van der Waals surface area contributed by atoms with Crippen molar-refractivity contribution in [3.8, 4) is 0 Å². The van der Waals surface area contributed by atoms with E-state index >= 15 is 0 Å². The van der Waals surface area contributed by atoms with E-state index < -0.39 is 15.8 Å². The number of carbonyl (C=O) groups is 1. The van der Waals surface area contributed by atoms with E-state index in [1.54, 1.807) is 6.07 Å². The van der Waals surface area contributed by atoms with Crippen molar-refractivity contribution < 1.29 is 19.7 Å². The monoisotopic (exact) mass is 460 g/mol. The van der Waals surface area contributed by atoms with E-state index in [2.05, 4.69) is 31.9 Å². The summed E-state index contributed by atoms with van der Waals surface area (Å²) in [5.41, 5.74) is 0.973. The van der Waals surface area contributed by atoms with E-state index in [4.69, 9.17) is 5.11 Å². The Hall–Kier alpha value is -2.33. The van der Waals surface area contributed by atoms with E-state index in [1.165, 1.54) is 18.2 Å². The molecule has 0 fully saturated rings. The molecule has 0 bridgehead atoms. The zero-order valence-corrected chi connectivity index (χ0v) is 15.3. The van der Waals surface area contributed by atoms with Gasteiger partial charge < -0.3 is 5.11 Å². The maximum absolute atomic E-state index is 10.5. The number of nitro benzene ring substituents is 2. The number of non-ortho nitro benzene ring substituents is 2. The van der Waals surface area contributed by atoms with Gasteiger partial charge in [-0.1, -0.05) is 22.0 Å². The fourth-order valence-corrected chi connectivity index (χ4v) is 2.39. The lowest BCUT2D eigenvalue weighted by molar-refractivity contribution is -0.385. The summed E-state index contributed by atoms with van der Waals surface area (Å²) in [5.74, 6) is -1.12. The summed E-state index contributed by atoms with van der Waals surface area (Å²) in [7, 11) is 0. The molecular weight excluding hydrogens is 452 g/mol. The summed E-state index contributed by atoms with van der Waals surface area (Å²) in [4.78, 5) is 30.0. The molecule has 0 heterocycles. The van der Waals surface area contributed by atoms with Gasteiger partial charge >= 0.3 is 5.97 Å². The number of halogens is 2. The fraction of sp³-hybridized carbons (Fsp3) is 0.0714. The molecule has 0 amide bonds. The molecule has 0 saturated heterocycles. The van der Waals surface area contributed by atoms with Gasteiger partial charge in [0.15, 0.2) is 0 Å². The van der Waals surface area contributed by atoms with Crippen molar-refractivity contribution in [3.63, 3.8) is 0 Å². The normalized spacial score (nSPS) is 9.62. The summed E-state index contributed by atoms with van der Waals surface area (Å²) in [6.45, 7) is 1.88. The van der Waals surface area contributed by atoms with Crippen LogP contribution in [0.5, 0.6) is 0 Å². The maximum Gasteiger partial charge on any atom is 0.336 e. The summed E-state index contributed by atoms with van der Waals surface area (Å²) >= 11 is 6.14. The minimum absolute atomic E-state index is 0.00519. The predicted octanol–water partition coefficient (Wildman–Crippen LogP) is 4.72. The van der Waals surface area contributed by atoms with E-state index in [-0.39, 0.29) is 21.4 Å². The number of aromatic carboxylic acids is 1. The summed E-state index contributed by atoms with van der Waals surface area (Å²) in [5, 5.41) is 29.1. The largest absolute Gasteiger partial charge is 0.478 e. The van der Waals surface area contributed by atoms with Gasteiger partial charge in [-0.2, -0.15) is 0 Å². The Labute approximate surface area is 152 Å². The van der Waals surface area contributed by atoms with Crippen LogP contribution in [0, 0.1) is 27.2 Å². The Morgan fingerprint density at radius 2 is 1.42 bits per heavy atom. The Morgan fingerprint density at radius 1 is 0.958 bits per heavy atom. The third-order valence-corrected chi connectivity index (χ3v) is 4.27. The zero-order valence-electron chi connectivity index (χ0n) is 12.1. The lowest BCUT2D eigenvalue weighted by atomic mass is 10.2. The Bertz CT molecular complexity index is 810. The van der Waals surface area contributed by atoms with Crippen molar-refractivity contribution in [3.05, 3.63) is 76.7 Å². The van der Waals surface area contributed by atoms with Crippen LogP contribution in [0.15, 0.2) is 45.3 Å². The zero-order chi connectivity index (χ0) is 18.4. The van der Waals surface area contributed by atoms with Crippen LogP contribution < -0.4 is 0 Å². The van der Waals surface area contributed by atoms with Gasteiger partial charge in [0.2, 0.25) is 0 Å². The van der Waals surface area contributed by atoms with E-state index in [1.807, 2.05) is 6.92 Å². The number of hydrogen-bond donors (Lipinski definition) is 1. The van der Waals surface area contributed by atoms with Crippen LogP contribution >= 0.6 is 31.9 Å². The van der Waals surface area contributed by atoms with Gasteiger partial charge in [-0.25, -0.2) is 4.79 Å². The first kappa shape index (κ1) is 19.7. The number of benzene rings is 2. The smallest absolute Gasteiger partial charge is 0.336 e. The Balaban J connectivity index is 0.000000243. The van der Waals surface area contributed by atoms with Crippen LogP contribution in [0.4, 0.5) is 11.4 Å². The molecule has 2 aromatic rings. The fourth-order valence-electron chi connectivity index (χ4n) is 1.49. The van der Waals surface area contributed by atoms with Gasteiger partial charge in [0.05, 0.1) is 15.4 Å². The molecule has 0 atom stereocenters. The Kier molecular flexibility index (Phi) is 6.98. The van der Waals surface area contributed by atoms with Crippen LogP contribution in [-0.4, -0.2) is 20.9 Å². The highest BCUT2D eigenvalue weighted by atomic mass is 79.9. The molecule has 0 unspecified atom stereocenters. The maximum atomic E-state index is 10.5. The second kappa shape index (κ2) is 8.50. The number of aryl methyl sites for hydroxylation is 1. The molecule has 2 rings (SSSR count). The molecular formula is C14H10Br2N2O6. The van der Waals surface area contributed by atoms with Gasteiger partial charge in [-0.05, 0) is 34.5 Å². The van der Waals surface area contributed by atoms with Crippen molar-refractivity contribution in [1.29, 1.82) is 0 Å². The van der Waals surface area contributed by atoms with Gasteiger partial charge in [0.25, 0.3) is 11.4 Å². The molecule has 8 nitrogen and oxygen atoms in total. The number of rotatable bonds is 3. The second-order valence-electron chi connectivity index (χ2n) is 4.42. The molecule has 10 heteroatoms. The molecule has 0 aliphatic carbocycles. The number of carboxylic acid groups (broad SMARTS) is 1. The quantitative estimate of drug-likeness (QED) is 0.520. The first-order chi connectivity index (χ1) is 11.1. The van der Waals surface area contributed by atoms with Gasteiger partial charge in [0, 0.05) is 33.2 Å². The third-order valence-electron chi connectivity index (χ3n) is 2.76. The number of nitrogens with zero attached hydrogens (tertiary/aromatic N) is 2. The van der Waals surface area contributed by atoms with Gasteiger partial charge in [0.1, 0.15) is 0 Å². The first-order valence-electron chi connectivity index (χ1n) is 6.21. The SMILES string of the molecule is Cc1ccc([N+](=O)[O-])cc1Br.O=C(O)c1ccc([N+](=O)[O-])cc1Br. The number of hydrogen-bond acceptors (Lipinski definition) is 5. The average molecular weight is 462 g/mol. The molecule has 0 aliphatic rings. The van der Waals surface area contributed by atoms with Crippen molar-refractivity contribution >= 4 is 49.2 Å². The van der Waals surface area contributed by atoms with Crippen LogP contribution in [-0.2, 0) is 0 Å². The van der Waals surface area contributed by atoms with E-state index in [0.717, 1.165) is 22.2 Å². The molecule has 0 radical (unpaired) electrons. The highest BCUT2D eigenvalue weighted by Gasteiger charge is 2.12. The van der Waals surface area contributed by atoms with Crippen molar-refractivity contribution in [1.82, 2.24) is 0 Å². The predicted molar refractivity (Wildman–Crippen MR) is 93.3 cm³/mol. The van der Waals surface area contributed by atoms with Gasteiger partial charge in [-0.15, -0.1) is 0 Å². The number of nitro groups is 2. The molecule has 126 valence electrons. The van der Waals surface area contributed by atoms with Crippen molar-refractivity contribution in [2.75, 3.05) is 0 Å². The van der Waals surface area contributed by atoms with Crippen LogP contribution in [0.3, 0.4) is 0 Å². The number of carboxylic acids is 1. The van der Waals surface area contributed by atoms with Crippen molar-refractivity contribution in [2.24, 2.45) is 0 Å². The molecule has 0 aromatic heterocycles. The lowest BCUT2D eigenvalue weighted by Crippen LogP contribution is -1.98. The molecule has 1 N–H and O–H groups in total. The van der Waals surface area contributed by atoms with Gasteiger partial charge in [-0.3, -0.25) is 20.2 Å². The Morgan fingerprint density at radius 3 is 1.79 bits per heavy atom. The summed E-state index contributed by atoms with van der Waals surface area (Å²) in [6.07, 6.45) is 0. The summed E-state index contributed by atoms with van der Waals surface area (Å²) < 4.78 is 0.973. The third kappa shape index (κ3) is 5.39. The minimum atomic E-state index is -1.12. The highest BCUT2D eigenvalue weighted by Crippen LogP contribution is 2.23. The molecule has 2 aromatic carbocycles. The summed E-state index contributed by atoms with van der Waals surface area (Å²) in [6, 6.07) is 8.18. The lowest BCUT2D eigenvalue weighted by Gasteiger charge is -1.97. The van der Waals surface area contributed by atoms with E-state index in [9.17, 15) is 25.0 Å². The van der Waals surface area contributed by atoms with Crippen LogP contribution in [0.2, 0.25) is 0 Å². The molecule has 0 aliphatic heterocycles. The highest BCUT2D eigenvalue weighted by molar-refractivity contribution is 9.10. The topological polar surface area (TPSA) is 124 Å². The van der Waals surface area contributed by atoms with Crippen LogP contribution in [0.25, 0.3) is 0 Å².